The molecule has 0 aliphatic rings. The quantitative estimate of drug-likeness (QED) is 0.453. The van der Waals surface area contributed by atoms with Gasteiger partial charge in [0.1, 0.15) is 17.0 Å². The van der Waals surface area contributed by atoms with Gasteiger partial charge in [-0.15, -0.1) is 0 Å². The lowest BCUT2D eigenvalue weighted by Crippen LogP contribution is -2.15. The van der Waals surface area contributed by atoms with Crippen LogP contribution in [0.5, 0.6) is 11.5 Å². The second kappa shape index (κ2) is 10.3. The average Bonchev–Trinajstić information content (AvgIpc) is 3.12. The van der Waals surface area contributed by atoms with Crippen molar-refractivity contribution in [2.24, 2.45) is 0 Å². The lowest BCUT2D eigenvalue weighted by atomic mass is 10.2. The first-order valence-electron chi connectivity index (χ1n) is 10.1. The Morgan fingerprint density at radius 2 is 1.48 bits per heavy atom. The Labute approximate surface area is 173 Å². The van der Waals surface area contributed by atoms with Crippen molar-refractivity contribution in [1.29, 1.82) is 0 Å². The molecule has 3 aromatic rings. The van der Waals surface area contributed by atoms with Crippen LogP contribution in [0.25, 0.3) is 22.6 Å². The number of nitrogens with zero attached hydrogens (tertiary/aromatic N) is 3. The Morgan fingerprint density at radius 1 is 0.828 bits per heavy atom. The van der Waals surface area contributed by atoms with E-state index in [1.165, 1.54) is 0 Å². The zero-order valence-corrected chi connectivity index (χ0v) is 17.9. The molecule has 0 radical (unpaired) electrons. The molecule has 0 aliphatic carbocycles. The maximum absolute atomic E-state index is 5.99. The average molecular weight is 398 g/mol. The smallest absolute Gasteiger partial charge is 0.227 e. The highest BCUT2D eigenvalue weighted by molar-refractivity contribution is 5.77. The molecule has 0 N–H and O–H groups in total. The molecular weight excluding hydrogens is 366 g/mol. The Bertz CT molecular complexity index is 905. The summed E-state index contributed by atoms with van der Waals surface area (Å²) < 4.78 is 17.7. The van der Waals surface area contributed by atoms with Crippen molar-refractivity contribution in [3.63, 3.8) is 0 Å². The Balaban J connectivity index is 1.64. The third-order valence-corrected chi connectivity index (χ3v) is 4.48. The van der Waals surface area contributed by atoms with Crippen LogP contribution < -0.4 is 9.47 Å². The summed E-state index contributed by atoms with van der Waals surface area (Å²) in [5, 5.41) is 0. The summed E-state index contributed by atoms with van der Waals surface area (Å²) in [6, 6.07) is 13.7. The summed E-state index contributed by atoms with van der Waals surface area (Å²) in [5.41, 5.74) is 2.44. The van der Waals surface area contributed by atoms with Crippen molar-refractivity contribution in [2.45, 2.75) is 12.8 Å². The summed E-state index contributed by atoms with van der Waals surface area (Å²) in [4.78, 5) is 8.91. The molecule has 3 rings (SSSR count). The van der Waals surface area contributed by atoms with Gasteiger partial charge in [-0.1, -0.05) is 6.07 Å². The molecule has 156 valence electrons. The standard InChI is InChI=1S/C23H31N3O3/c1-25(2)12-6-14-27-19-9-5-8-18(16-19)23-24-21-11-10-20(17-22(21)29-23)28-15-7-13-26(3)4/h5,8-11,16-17H,6-7,12-15H2,1-4H3. The normalized spacial score (nSPS) is 11.5. The Hall–Kier alpha value is -2.57. The van der Waals surface area contributed by atoms with Crippen LogP contribution in [0, 0.1) is 0 Å². The highest BCUT2D eigenvalue weighted by atomic mass is 16.5. The predicted octanol–water partition coefficient (Wildman–Crippen LogP) is 4.16. The lowest BCUT2D eigenvalue weighted by Gasteiger charge is -2.10. The predicted molar refractivity (Wildman–Crippen MR) is 117 cm³/mol. The minimum Gasteiger partial charge on any atom is -0.494 e. The monoisotopic (exact) mass is 397 g/mol. The van der Waals surface area contributed by atoms with Gasteiger partial charge in [-0.3, -0.25) is 0 Å². The van der Waals surface area contributed by atoms with Crippen molar-refractivity contribution < 1.29 is 13.9 Å². The fourth-order valence-electron chi connectivity index (χ4n) is 2.98. The van der Waals surface area contributed by atoms with E-state index < -0.39 is 0 Å². The number of hydrogen-bond donors (Lipinski definition) is 0. The van der Waals surface area contributed by atoms with E-state index in [-0.39, 0.29) is 0 Å². The van der Waals surface area contributed by atoms with E-state index in [4.69, 9.17) is 13.9 Å². The molecule has 0 aliphatic heterocycles. The number of hydrogen-bond acceptors (Lipinski definition) is 6. The van der Waals surface area contributed by atoms with E-state index in [1.807, 2.05) is 42.5 Å². The first-order valence-corrected chi connectivity index (χ1v) is 10.1. The fourth-order valence-corrected chi connectivity index (χ4v) is 2.98. The highest BCUT2D eigenvalue weighted by Gasteiger charge is 2.10. The van der Waals surface area contributed by atoms with Crippen molar-refractivity contribution >= 4 is 11.1 Å². The maximum atomic E-state index is 5.99. The zero-order valence-electron chi connectivity index (χ0n) is 17.9. The molecule has 29 heavy (non-hydrogen) atoms. The zero-order chi connectivity index (χ0) is 20.6. The molecule has 0 atom stereocenters. The maximum Gasteiger partial charge on any atom is 0.227 e. The third-order valence-electron chi connectivity index (χ3n) is 4.48. The molecule has 0 spiro atoms. The number of oxazole rings is 1. The minimum atomic E-state index is 0.587. The molecule has 1 heterocycles. The first kappa shape index (κ1) is 21.1. The van der Waals surface area contributed by atoms with Crippen LogP contribution in [0.4, 0.5) is 0 Å². The molecule has 0 fully saturated rings. The van der Waals surface area contributed by atoms with E-state index in [0.717, 1.165) is 54.1 Å². The van der Waals surface area contributed by atoms with Crippen LogP contribution in [-0.4, -0.2) is 69.3 Å². The second-order valence-electron chi connectivity index (χ2n) is 7.69. The van der Waals surface area contributed by atoms with Crippen LogP contribution in [-0.2, 0) is 0 Å². The largest absolute Gasteiger partial charge is 0.494 e. The molecule has 1 aromatic heterocycles. The van der Waals surface area contributed by atoms with Gasteiger partial charge in [0.25, 0.3) is 0 Å². The number of fused-ring (bicyclic) bond motifs is 1. The van der Waals surface area contributed by atoms with Gasteiger partial charge in [0, 0.05) is 24.7 Å². The molecule has 0 saturated heterocycles. The van der Waals surface area contributed by atoms with E-state index in [0.29, 0.717) is 19.1 Å². The van der Waals surface area contributed by atoms with Crippen LogP contribution in [0.15, 0.2) is 46.9 Å². The van der Waals surface area contributed by atoms with Crippen molar-refractivity contribution in [3.8, 4) is 23.0 Å². The molecule has 0 bridgehead atoms. The number of ether oxygens (including phenoxy) is 2. The minimum absolute atomic E-state index is 0.587. The molecule has 0 amide bonds. The van der Waals surface area contributed by atoms with Gasteiger partial charge in [-0.25, -0.2) is 4.98 Å². The first-order chi connectivity index (χ1) is 14.0. The van der Waals surface area contributed by atoms with Gasteiger partial charge in [0.05, 0.1) is 13.2 Å². The van der Waals surface area contributed by atoms with Gasteiger partial charge in [-0.05, 0) is 71.4 Å². The highest BCUT2D eigenvalue weighted by Crippen LogP contribution is 2.29. The van der Waals surface area contributed by atoms with Crippen molar-refractivity contribution in [2.75, 3.05) is 54.5 Å². The van der Waals surface area contributed by atoms with E-state index in [1.54, 1.807) is 0 Å². The molecular formula is C23H31N3O3. The fraction of sp³-hybridized carbons (Fsp3) is 0.435. The van der Waals surface area contributed by atoms with E-state index >= 15 is 0 Å². The van der Waals surface area contributed by atoms with E-state index in [9.17, 15) is 0 Å². The number of benzene rings is 2. The molecule has 0 unspecified atom stereocenters. The van der Waals surface area contributed by atoms with Crippen molar-refractivity contribution in [1.82, 2.24) is 14.8 Å². The van der Waals surface area contributed by atoms with Gasteiger partial charge in [-0.2, -0.15) is 0 Å². The Kier molecular flexibility index (Phi) is 7.49. The summed E-state index contributed by atoms with van der Waals surface area (Å²) in [6.07, 6.45) is 1.96. The Morgan fingerprint density at radius 3 is 2.14 bits per heavy atom. The number of rotatable bonds is 11. The van der Waals surface area contributed by atoms with E-state index in [2.05, 4.69) is 43.0 Å². The van der Waals surface area contributed by atoms with Crippen LogP contribution in [0.3, 0.4) is 0 Å². The summed E-state index contributed by atoms with van der Waals surface area (Å²) >= 11 is 0. The topological polar surface area (TPSA) is 51.0 Å². The SMILES string of the molecule is CN(C)CCCOc1cccc(-c2nc3ccc(OCCCN(C)C)cc3o2)c1. The summed E-state index contributed by atoms with van der Waals surface area (Å²) in [5.74, 6) is 2.22. The number of aromatic nitrogens is 1. The van der Waals surface area contributed by atoms with Gasteiger partial charge >= 0.3 is 0 Å². The van der Waals surface area contributed by atoms with Crippen molar-refractivity contribution in [3.05, 3.63) is 42.5 Å². The van der Waals surface area contributed by atoms with Gasteiger partial charge in [0.2, 0.25) is 5.89 Å². The van der Waals surface area contributed by atoms with Crippen LogP contribution >= 0.6 is 0 Å². The third kappa shape index (κ3) is 6.48. The molecule has 2 aromatic carbocycles. The van der Waals surface area contributed by atoms with Crippen LogP contribution in [0.1, 0.15) is 12.8 Å². The second-order valence-corrected chi connectivity index (χ2v) is 7.69. The molecule has 6 heteroatoms. The lowest BCUT2D eigenvalue weighted by molar-refractivity contribution is 0.281. The summed E-state index contributed by atoms with van der Waals surface area (Å²) in [7, 11) is 8.25. The molecule has 6 nitrogen and oxygen atoms in total. The summed E-state index contributed by atoms with van der Waals surface area (Å²) in [6.45, 7) is 3.37. The molecule has 0 saturated carbocycles. The van der Waals surface area contributed by atoms with Gasteiger partial charge < -0.3 is 23.7 Å². The van der Waals surface area contributed by atoms with Crippen LogP contribution in [0.2, 0.25) is 0 Å². The van der Waals surface area contributed by atoms with Gasteiger partial charge in [0.15, 0.2) is 5.58 Å².